The fourth-order valence-corrected chi connectivity index (χ4v) is 3.52. The second-order valence-corrected chi connectivity index (χ2v) is 6.98. The Kier molecular flexibility index (Phi) is 4.71. The van der Waals surface area contributed by atoms with Gasteiger partial charge >= 0.3 is 0 Å². The molecule has 2 aliphatic heterocycles. The van der Waals surface area contributed by atoms with E-state index in [1.54, 1.807) is 6.92 Å². The molecule has 27 heavy (non-hydrogen) atoms. The number of benzene rings is 2. The van der Waals surface area contributed by atoms with E-state index in [2.05, 4.69) is 10.6 Å². The van der Waals surface area contributed by atoms with Gasteiger partial charge in [0.05, 0.1) is 5.69 Å². The van der Waals surface area contributed by atoms with E-state index in [0.29, 0.717) is 11.4 Å². The van der Waals surface area contributed by atoms with Crippen LogP contribution >= 0.6 is 0 Å². The topological polar surface area (TPSA) is 70.7 Å². The Labute approximate surface area is 158 Å². The lowest BCUT2D eigenvalue weighted by Gasteiger charge is -2.27. The Balaban J connectivity index is 1.61. The molecule has 2 N–H and O–H groups in total. The number of hydrogen-bond acceptors (Lipinski definition) is 4. The molecular weight excluding hydrogens is 342 g/mol. The number of anilines is 2. The largest absolute Gasteiger partial charge is 0.479 e. The quantitative estimate of drug-likeness (QED) is 0.873. The maximum atomic E-state index is 13.1. The summed E-state index contributed by atoms with van der Waals surface area (Å²) in [5, 5.41) is 6.20. The summed E-state index contributed by atoms with van der Waals surface area (Å²) in [7, 11) is 0. The van der Waals surface area contributed by atoms with E-state index in [4.69, 9.17) is 4.74 Å². The molecule has 2 aromatic rings. The van der Waals surface area contributed by atoms with Crippen molar-refractivity contribution in [3.8, 4) is 5.75 Å². The van der Waals surface area contributed by atoms with E-state index in [1.807, 2.05) is 53.4 Å². The molecule has 2 atom stereocenters. The van der Waals surface area contributed by atoms with Crippen molar-refractivity contribution in [1.82, 2.24) is 4.90 Å². The van der Waals surface area contributed by atoms with Gasteiger partial charge in [0, 0.05) is 18.8 Å². The highest BCUT2D eigenvalue weighted by molar-refractivity contribution is 5.98. The molecule has 0 bridgehead atoms. The lowest BCUT2D eigenvalue weighted by atomic mass is 10.0. The lowest BCUT2D eigenvalue weighted by molar-refractivity contribution is -0.131. The number of hydrogen-bond donors (Lipinski definition) is 2. The van der Waals surface area contributed by atoms with E-state index in [9.17, 15) is 9.59 Å². The number of amides is 2. The van der Waals surface area contributed by atoms with Gasteiger partial charge in [0.25, 0.3) is 5.91 Å². The Morgan fingerprint density at radius 1 is 1.19 bits per heavy atom. The smallest absolute Gasteiger partial charge is 0.265 e. The van der Waals surface area contributed by atoms with Gasteiger partial charge in [-0.25, -0.2) is 0 Å². The summed E-state index contributed by atoms with van der Waals surface area (Å²) in [6, 6.07) is 14.7. The van der Waals surface area contributed by atoms with Crippen molar-refractivity contribution in [3.63, 3.8) is 0 Å². The van der Waals surface area contributed by atoms with Gasteiger partial charge in [0.2, 0.25) is 5.91 Å². The highest BCUT2D eigenvalue weighted by Gasteiger charge is 2.29. The summed E-state index contributed by atoms with van der Waals surface area (Å²) in [6.45, 7) is 3.32. The number of carbonyl (C=O) groups is 2. The van der Waals surface area contributed by atoms with Crippen LogP contribution in [0.3, 0.4) is 0 Å². The molecule has 1 saturated heterocycles. The van der Waals surface area contributed by atoms with Crippen LogP contribution in [0.15, 0.2) is 48.5 Å². The maximum Gasteiger partial charge on any atom is 0.265 e. The van der Waals surface area contributed by atoms with Crippen LogP contribution in [0.4, 0.5) is 11.4 Å². The van der Waals surface area contributed by atoms with E-state index in [0.717, 1.165) is 37.2 Å². The van der Waals surface area contributed by atoms with Crippen molar-refractivity contribution < 1.29 is 14.3 Å². The van der Waals surface area contributed by atoms with Gasteiger partial charge in [-0.3, -0.25) is 9.59 Å². The molecule has 0 unspecified atom stereocenters. The molecule has 0 aliphatic carbocycles. The fourth-order valence-electron chi connectivity index (χ4n) is 3.52. The van der Waals surface area contributed by atoms with Gasteiger partial charge in [-0.2, -0.15) is 0 Å². The molecule has 6 heteroatoms. The molecule has 0 saturated carbocycles. The highest BCUT2D eigenvalue weighted by Crippen LogP contribution is 2.33. The minimum Gasteiger partial charge on any atom is -0.479 e. The van der Waals surface area contributed by atoms with Gasteiger partial charge in [-0.1, -0.05) is 30.3 Å². The standard InChI is InChI=1S/C21H23N3O3/c1-14-20(25)23-17-13-16(9-10-18(17)27-14)22-19(15-7-3-2-4-8-15)21(26)24-11-5-6-12-24/h2-4,7-10,13-14,19,22H,5-6,11-12H2,1H3,(H,23,25)/t14-,19-/m1/s1. The summed E-state index contributed by atoms with van der Waals surface area (Å²) >= 11 is 0. The zero-order chi connectivity index (χ0) is 18.8. The molecule has 2 amide bonds. The predicted octanol–water partition coefficient (Wildman–Crippen LogP) is 3.18. The molecule has 6 nitrogen and oxygen atoms in total. The number of rotatable bonds is 4. The van der Waals surface area contributed by atoms with E-state index < -0.39 is 12.1 Å². The maximum absolute atomic E-state index is 13.1. The lowest BCUT2D eigenvalue weighted by Crippen LogP contribution is -2.36. The predicted molar refractivity (Wildman–Crippen MR) is 104 cm³/mol. The van der Waals surface area contributed by atoms with Crippen molar-refractivity contribution >= 4 is 23.2 Å². The number of nitrogens with one attached hydrogen (secondary N) is 2. The molecule has 1 fully saturated rings. The summed E-state index contributed by atoms with van der Waals surface area (Å²) in [4.78, 5) is 26.9. The van der Waals surface area contributed by atoms with Gasteiger partial charge in [0.1, 0.15) is 11.8 Å². The zero-order valence-electron chi connectivity index (χ0n) is 15.3. The summed E-state index contributed by atoms with van der Waals surface area (Å²) in [5.74, 6) is 0.535. The molecule has 4 rings (SSSR count). The van der Waals surface area contributed by atoms with Gasteiger partial charge in [-0.15, -0.1) is 0 Å². The van der Waals surface area contributed by atoms with Gasteiger partial charge in [0.15, 0.2) is 6.10 Å². The Morgan fingerprint density at radius 2 is 1.93 bits per heavy atom. The van der Waals surface area contributed by atoms with Crippen molar-refractivity contribution in [2.45, 2.75) is 31.9 Å². The highest BCUT2D eigenvalue weighted by atomic mass is 16.5. The van der Waals surface area contributed by atoms with E-state index in [-0.39, 0.29) is 11.8 Å². The monoisotopic (exact) mass is 365 g/mol. The molecule has 140 valence electrons. The molecule has 2 heterocycles. The third kappa shape index (κ3) is 3.60. The molecule has 0 aromatic heterocycles. The molecular formula is C21H23N3O3. The summed E-state index contributed by atoms with van der Waals surface area (Å²) in [6.07, 6.45) is 1.59. The molecule has 0 spiro atoms. The van der Waals surface area contributed by atoms with Gasteiger partial charge < -0.3 is 20.3 Å². The Hall–Kier alpha value is -3.02. The second kappa shape index (κ2) is 7.31. The average Bonchev–Trinajstić information content (AvgIpc) is 3.22. The Morgan fingerprint density at radius 3 is 2.67 bits per heavy atom. The first-order valence-electron chi connectivity index (χ1n) is 9.33. The van der Waals surface area contributed by atoms with Crippen LogP contribution in [-0.4, -0.2) is 35.9 Å². The minimum absolute atomic E-state index is 0.0744. The number of nitrogens with zero attached hydrogens (tertiary/aromatic N) is 1. The fraction of sp³-hybridized carbons (Fsp3) is 0.333. The summed E-state index contributed by atoms with van der Waals surface area (Å²) in [5.41, 5.74) is 2.29. The number of likely N-dealkylation sites (tertiary alicyclic amines) is 1. The third-order valence-corrected chi connectivity index (χ3v) is 5.02. The molecule has 2 aliphatic rings. The first-order chi connectivity index (χ1) is 13.1. The second-order valence-electron chi connectivity index (χ2n) is 6.98. The normalized spacial score (nSPS) is 19.7. The molecule has 2 aromatic carbocycles. The minimum atomic E-state index is -0.509. The van der Waals surface area contributed by atoms with Crippen LogP contribution in [0.1, 0.15) is 31.4 Å². The number of ether oxygens (including phenoxy) is 1. The van der Waals surface area contributed by atoms with E-state index in [1.165, 1.54) is 0 Å². The van der Waals surface area contributed by atoms with Crippen molar-refractivity contribution in [2.75, 3.05) is 23.7 Å². The van der Waals surface area contributed by atoms with Crippen LogP contribution in [0.2, 0.25) is 0 Å². The average molecular weight is 365 g/mol. The van der Waals surface area contributed by atoms with Crippen LogP contribution in [-0.2, 0) is 9.59 Å². The van der Waals surface area contributed by atoms with Crippen LogP contribution in [0, 0.1) is 0 Å². The number of fused-ring (bicyclic) bond motifs is 1. The summed E-state index contributed by atoms with van der Waals surface area (Å²) < 4.78 is 5.60. The Bertz CT molecular complexity index is 847. The molecule has 0 radical (unpaired) electrons. The van der Waals surface area contributed by atoms with Gasteiger partial charge in [-0.05, 0) is 43.5 Å². The number of carbonyl (C=O) groups excluding carboxylic acids is 2. The van der Waals surface area contributed by atoms with E-state index >= 15 is 0 Å². The van der Waals surface area contributed by atoms with Crippen LogP contribution in [0.5, 0.6) is 5.75 Å². The first kappa shape index (κ1) is 17.4. The van der Waals surface area contributed by atoms with Crippen molar-refractivity contribution in [1.29, 1.82) is 0 Å². The van der Waals surface area contributed by atoms with Crippen LogP contribution < -0.4 is 15.4 Å². The first-order valence-corrected chi connectivity index (χ1v) is 9.33. The zero-order valence-corrected chi connectivity index (χ0v) is 15.3. The van der Waals surface area contributed by atoms with Crippen LogP contribution in [0.25, 0.3) is 0 Å². The third-order valence-electron chi connectivity index (χ3n) is 5.02. The SMILES string of the molecule is C[C@H]1Oc2ccc(N[C@@H](C(=O)N3CCCC3)c3ccccc3)cc2NC1=O. The van der Waals surface area contributed by atoms with Crippen molar-refractivity contribution in [3.05, 3.63) is 54.1 Å². The van der Waals surface area contributed by atoms with Crippen molar-refractivity contribution in [2.24, 2.45) is 0 Å².